The molecule has 1 heterocycles. The number of amides is 2. The number of carbonyl (C=O) groups excluding carboxylic acids is 1. The van der Waals surface area contributed by atoms with Crippen LogP contribution in [0.1, 0.15) is 25.2 Å². The molecule has 0 aromatic carbocycles. The van der Waals surface area contributed by atoms with E-state index >= 15 is 0 Å². The van der Waals surface area contributed by atoms with Crippen LogP contribution in [0.5, 0.6) is 0 Å². The molecular formula is C11H18N2O3. The van der Waals surface area contributed by atoms with Crippen molar-refractivity contribution in [3.05, 3.63) is 24.2 Å². The Bertz CT molecular complexity index is 298. The van der Waals surface area contributed by atoms with Gasteiger partial charge in [0.05, 0.1) is 12.8 Å². The summed E-state index contributed by atoms with van der Waals surface area (Å²) >= 11 is 0. The van der Waals surface area contributed by atoms with Crippen molar-refractivity contribution in [1.82, 2.24) is 10.6 Å². The summed E-state index contributed by atoms with van der Waals surface area (Å²) in [4.78, 5) is 11.3. The molecule has 2 amide bonds. The van der Waals surface area contributed by atoms with Crippen molar-refractivity contribution in [2.24, 2.45) is 0 Å². The minimum atomic E-state index is -0.248. The van der Waals surface area contributed by atoms with Gasteiger partial charge in [-0.2, -0.15) is 0 Å². The Labute approximate surface area is 95.2 Å². The third-order valence-corrected chi connectivity index (χ3v) is 2.13. The highest BCUT2D eigenvalue weighted by molar-refractivity contribution is 5.73. The molecule has 90 valence electrons. The number of rotatable bonds is 6. The Kier molecular flexibility index (Phi) is 5.42. The van der Waals surface area contributed by atoms with E-state index in [4.69, 9.17) is 9.15 Å². The molecule has 0 fully saturated rings. The molecule has 1 atom stereocenters. The molecule has 0 aliphatic carbocycles. The summed E-state index contributed by atoms with van der Waals surface area (Å²) in [6.07, 6.45) is 2.25. The monoisotopic (exact) mass is 226 g/mol. The average Bonchev–Trinajstić information content (AvgIpc) is 2.81. The Morgan fingerprint density at radius 3 is 2.94 bits per heavy atom. The van der Waals surface area contributed by atoms with Crippen molar-refractivity contribution >= 4 is 6.03 Å². The van der Waals surface area contributed by atoms with Crippen molar-refractivity contribution in [3.63, 3.8) is 0 Å². The number of hydrogen-bond acceptors (Lipinski definition) is 3. The fraction of sp³-hybridized carbons (Fsp3) is 0.545. The maximum Gasteiger partial charge on any atom is 0.314 e. The van der Waals surface area contributed by atoms with Gasteiger partial charge in [-0.05, 0) is 18.6 Å². The largest absolute Gasteiger partial charge is 0.467 e. The quantitative estimate of drug-likeness (QED) is 0.775. The summed E-state index contributed by atoms with van der Waals surface area (Å²) in [6, 6.07) is 3.42. The summed E-state index contributed by atoms with van der Waals surface area (Å²) in [6.45, 7) is 3.06. The second kappa shape index (κ2) is 6.90. The SMILES string of the molecule is CCCNC(=O)NCC(OC)c1ccco1. The van der Waals surface area contributed by atoms with Crippen molar-refractivity contribution in [2.75, 3.05) is 20.2 Å². The summed E-state index contributed by atoms with van der Waals surface area (Å²) < 4.78 is 10.4. The lowest BCUT2D eigenvalue weighted by atomic mass is 10.3. The van der Waals surface area contributed by atoms with Crippen LogP contribution in [-0.4, -0.2) is 26.2 Å². The van der Waals surface area contributed by atoms with Crippen molar-refractivity contribution in [2.45, 2.75) is 19.4 Å². The second-order valence-electron chi connectivity index (χ2n) is 3.38. The zero-order valence-electron chi connectivity index (χ0n) is 9.66. The predicted molar refractivity (Wildman–Crippen MR) is 60.2 cm³/mol. The van der Waals surface area contributed by atoms with Gasteiger partial charge in [0.15, 0.2) is 0 Å². The van der Waals surface area contributed by atoms with Crippen LogP contribution in [0.3, 0.4) is 0 Å². The third-order valence-electron chi connectivity index (χ3n) is 2.13. The first-order valence-electron chi connectivity index (χ1n) is 5.35. The van der Waals surface area contributed by atoms with E-state index in [2.05, 4.69) is 10.6 Å². The summed E-state index contributed by atoms with van der Waals surface area (Å²) in [5, 5.41) is 5.44. The van der Waals surface area contributed by atoms with Crippen LogP contribution in [0.15, 0.2) is 22.8 Å². The predicted octanol–water partition coefficient (Wildman–Crippen LogP) is 1.68. The molecule has 1 unspecified atom stereocenters. The number of urea groups is 1. The molecule has 1 aromatic heterocycles. The smallest absolute Gasteiger partial charge is 0.314 e. The maximum absolute atomic E-state index is 11.3. The fourth-order valence-corrected chi connectivity index (χ4v) is 1.26. The van der Waals surface area contributed by atoms with E-state index in [1.54, 1.807) is 19.4 Å². The fourth-order valence-electron chi connectivity index (χ4n) is 1.26. The van der Waals surface area contributed by atoms with Crippen molar-refractivity contribution < 1.29 is 13.9 Å². The van der Waals surface area contributed by atoms with Gasteiger partial charge in [0.1, 0.15) is 11.9 Å². The maximum atomic E-state index is 11.3. The lowest BCUT2D eigenvalue weighted by Crippen LogP contribution is -2.38. The molecule has 5 heteroatoms. The van der Waals surface area contributed by atoms with Gasteiger partial charge in [-0.15, -0.1) is 0 Å². The van der Waals surface area contributed by atoms with Crippen LogP contribution < -0.4 is 10.6 Å². The van der Waals surface area contributed by atoms with Gasteiger partial charge in [-0.25, -0.2) is 4.79 Å². The first-order valence-corrected chi connectivity index (χ1v) is 5.35. The number of furan rings is 1. The van der Waals surface area contributed by atoms with Gasteiger partial charge in [0.25, 0.3) is 0 Å². The van der Waals surface area contributed by atoms with Crippen LogP contribution >= 0.6 is 0 Å². The second-order valence-corrected chi connectivity index (χ2v) is 3.38. The van der Waals surface area contributed by atoms with E-state index < -0.39 is 0 Å². The topological polar surface area (TPSA) is 63.5 Å². The summed E-state index contributed by atoms with van der Waals surface area (Å²) in [5.41, 5.74) is 0. The third kappa shape index (κ3) is 3.94. The molecule has 16 heavy (non-hydrogen) atoms. The van der Waals surface area contributed by atoms with Gasteiger partial charge in [0.2, 0.25) is 0 Å². The zero-order valence-corrected chi connectivity index (χ0v) is 9.66. The van der Waals surface area contributed by atoms with Crippen molar-refractivity contribution in [1.29, 1.82) is 0 Å². The highest BCUT2D eigenvalue weighted by Crippen LogP contribution is 2.15. The zero-order chi connectivity index (χ0) is 11.8. The minimum Gasteiger partial charge on any atom is -0.467 e. The molecule has 0 bridgehead atoms. The highest BCUT2D eigenvalue weighted by Gasteiger charge is 2.13. The molecule has 5 nitrogen and oxygen atoms in total. The standard InChI is InChI=1S/C11H18N2O3/c1-3-6-12-11(14)13-8-10(15-2)9-5-4-7-16-9/h4-5,7,10H,3,6,8H2,1-2H3,(H2,12,13,14). The van der Waals surface area contributed by atoms with Crippen LogP contribution in [0, 0.1) is 0 Å². The number of nitrogens with one attached hydrogen (secondary N) is 2. The molecule has 0 saturated heterocycles. The van der Waals surface area contributed by atoms with Gasteiger partial charge in [-0.3, -0.25) is 0 Å². The van der Waals surface area contributed by atoms with Crippen LogP contribution in [0.25, 0.3) is 0 Å². The molecule has 0 aliphatic heterocycles. The molecule has 2 N–H and O–H groups in total. The normalized spacial score (nSPS) is 12.1. The first kappa shape index (κ1) is 12.6. The van der Waals surface area contributed by atoms with Crippen LogP contribution in [-0.2, 0) is 4.74 Å². The lowest BCUT2D eigenvalue weighted by Gasteiger charge is -2.14. The Morgan fingerprint density at radius 2 is 2.38 bits per heavy atom. The average molecular weight is 226 g/mol. The van der Waals surface area contributed by atoms with E-state index in [0.29, 0.717) is 18.8 Å². The minimum absolute atomic E-state index is 0.185. The Morgan fingerprint density at radius 1 is 1.56 bits per heavy atom. The number of carbonyl (C=O) groups is 1. The molecule has 0 spiro atoms. The van der Waals surface area contributed by atoms with E-state index in [1.807, 2.05) is 13.0 Å². The van der Waals surface area contributed by atoms with Crippen LogP contribution in [0.4, 0.5) is 4.79 Å². The molecular weight excluding hydrogens is 208 g/mol. The van der Waals surface area contributed by atoms with Gasteiger partial charge in [-0.1, -0.05) is 6.92 Å². The van der Waals surface area contributed by atoms with Gasteiger partial charge in [0, 0.05) is 13.7 Å². The number of methoxy groups -OCH3 is 1. The Hall–Kier alpha value is -1.49. The Balaban J connectivity index is 2.32. The molecule has 1 rings (SSSR count). The van der Waals surface area contributed by atoms with E-state index in [1.165, 1.54) is 0 Å². The van der Waals surface area contributed by atoms with Gasteiger partial charge < -0.3 is 19.8 Å². The van der Waals surface area contributed by atoms with Crippen LogP contribution in [0.2, 0.25) is 0 Å². The molecule has 0 radical (unpaired) electrons. The van der Waals surface area contributed by atoms with E-state index in [0.717, 1.165) is 6.42 Å². The van der Waals surface area contributed by atoms with Gasteiger partial charge >= 0.3 is 6.03 Å². The van der Waals surface area contributed by atoms with Crippen molar-refractivity contribution in [3.8, 4) is 0 Å². The molecule has 1 aromatic rings. The van der Waals surface area contributed by atoms with E-state index in [9.17, 15) is 4.79 Å². The number of ether oxygens (including phenoxy) is 1. The molecule has 0 aliphatic rings. The summed E-state index contributed by atoms with van der Waals surface area (Å²) in [5.74, 6) is 0.707. The lowest BCUT2D eigenvalue weighted by molar-refractivity contribution is 0.0850. The first-order chi connectivity index (χ1) is 7.77. The molecule has 0 saturated carbocycles. The summed E-state index contributed by atoms with van der Waals surface area (Å²) in [7, 11) is 1.58. The van der Waals surface area contributed by atoms with E-state index in [-0.39, 0.29) is 12.1 Å². The number of hydrogen-bond donors (Lipinski definition) is 2. The highest BCUT2D eigenvalue weighted by atomic mass is 16.5.